The van der Waals surface area contributed by atoms with Gasteiger partial charge in [-0.2, -0.15) is 5.10 Å². The molecule has 5 rings (SSSR count). The van der Waals surface area contributed by atoms with Gasteiger partial charge in [-0.05, 0) is 38.0 Å². The van der Waals surface area contributed by atoms with E-state index in [0.717, 1.165) is 52.5 Å². The SMILES string of the molecule is Cc1cc(Nc2nccs2)cc([C@H]2CCCN2C(=O)CCn2ncc3ccccc32)n1. The highest BCUT2D eigenvalue weighted by Gasteiger charge is 2.31. The lowest BCUT2D eigenvalue weighted by Crippen LogP contribution is -2.31. The second kappa shape index (κ2) is 8.47. The second-order valence-electron chi connectivity index (χ2n) is 7.81. The second-order valence-corrected chi connectivity index (χ2v) is 8.70. The standard InChI is InChI=1S/C23H24N6OS/c1-16-13-18(27-23-24-9-12-31-23)14-19(26-16)21-7-4-10-28(21)22(30)8-11-29-20-6-3-2-5-17(20)15-25-29/h2-3,5-6,9,12-15,21H,4,7-8,10-11H2,1H3,(H,24,26,27)/t21-/m1/s1. The molecule has 7 nitrogen and oxygen atoms in total. The predicted molar refractivity (Wildman–Crippen MR) is 122 cm³/mol. The highest BCUT2D eigenvalue weighted by Crippen LogP contribution is 2.33. The number of rotatable bonds is 6. The molecule has 1 aromatic carbocycles. The number of pyridine rings is 1. The zero-order valence-corrected chi connectivity index (χ0v) is 18.2. The molecule has 31 heavy (non-hydrogen) atoms. The van der Waals surface area contributed by atoms with Crippen molar-refractivity contribution >= 4 is 39.0 Å². The Balaban J connectivity index is 1.31. The van der Waals surface area contributed by atoms with Crippen LogP contribution in [0.5, 0.6) is 0 Å². The number of para-hydroxylation sites is 1. The summed E-state index contributed by atoms with van der Waals surface area (Å²) in [4.78, 5) is 24.2. The molecule has 1 aliphatic rings. The Kier molecular flexibility index (Phi) is 5.38. The van der Waals surface area contributed by atoms with Crippen molar-refractivity contribution in [3.8, 4) is 0 Å². The largest absolute Gasteiger partial charge is 0.334 e. The van der Waals surface area contributed by atoms with Gasteiger partial charge < -0.3 is 10.2 Å². The molecule has 0 aliphatic carbocycles. The summed E-state index contributed by atoms with van der Waals surface area (Å²) in [6.07, 6.45) is 5.99. The zero-order valence-electron chi connectivity index (χ0n) is 17.4. The fourth-order valence-corrected chi connectivity index (χ4v) is 4.82. The van der Waals surface area contributed by atoms with E-state index >= 15 is 0 Å². The number of carbonyl (C=O) groups excluding carboxylic acids is 1. The minimum atomic E-state index is 0.0126. The molecule has 1 N–H and O–H groups in total. The van der Waals surface area contributed by atoms with Gasteiger partial charge in [0.2, 0.25) is 5.91 Å². The highest BCUT2D eigenvalue weighted by atomic mass is 32.1. The topological polar surface area (TPSA) is 75.9 Å². The summed E-state index contributed by atoms with van der Waals surface area (Å²) in [6, 6.07) is 12.1. The average molecular weight is 433 g/mol. The number of carbonyl (C=O) groups is 1. The van der Waals surface area contributed by atoms with Crippen molar-refractivity contribution in [1.29, 1.82) is 0 Å². The van der Waals surface area contributed by atoms with Crippen LogP contribution >= 0.6 is 11.3 Å². The molecule has 1 amide bonds. The Labute approximate surface area is 184 Å². The first-order chi connectivity index (χ1) is 15.2. The summed E-state index contributed by atoms with van der Waals surface area (Å²) in [5.41, 5.74) is 3.89. The number of benzene rings is 1. The van der Waals surface area contributed by atoms with Gasteiger partial charge in [0.25, 0.3) is 0 Å². The zero-order chi connectivity index (χ0) is 21.2. The Morgan fingerprint density at radius 3 is 3.06 bits per heavy atom. The molecule has 1 fully saturated rings. The Morgan fingerprint density at radius 2 is 2.19 bits per heavy atom. The van der Waals surface area contributed by atoms with Crippen LogP contribution in [0.3, 0.4) is 0 Å². The van der Waals surface area contributed by atoms with E-state index in [2.05, 4.69) is 15.4 Å². The molecule has 0 radical (unpaired) electrons. The first-order valence-corrected chi connectivity index (χ1v) is 11.4. The lowest BCUT2D eigenvalue weighted by atomic mass is 10.1. The van der Waals surface area contributed by atoms with Gasteiger partial charge in [-0.25, -0.2) is 4.98 Å². The third-order valence-corrected chi connectivity index (χ3v) is 6.35. The molecule has 8 heteroatoms. The van der Waals surface area contributed by atoms with E-state index in [1.165, 1.54) is 0 Å². The van der Waals surface area contributed by atoms with Crippen molar-refractivity contribution in [2.45, 2.75) is 38.8 Å². The summed E-state index contributed by atoms with van der Waals surface area (Å²) in [5, 5.41) is 11.7. The molecule has 3 aromatic heterocycles. The van der Waals surface area contributed by atoms with Gasteiger partial charge in [-0.15, -0.1) is 11.3 Å². The van der Waals surface area contributed by atoms with Crippen molar-refractivity contribution in [3.05, 3.63) is 65.6 Å². The number of nitrogens with one attached hydrogen (secondary N) is 1. The summed E-state index contributed by atoms with van der Waals surface area (Å²) in [7, 11) is 0. The molecular formula is C23H24N6OS. The molecule has 1 atom stereocenters. The van der Waals surface area contributed by atoms with Gasteiger partial charge in [0, 0.05) is 41.3 Å². The molecule has 0 saturated carbocycles. The van der Waals surface area contributed by atoms with Crippen molar-refractivity contribution < 1.29 is 4.79 Å². The van der Waals surface area contributed by atoms with Crippen LogP contribution in [0, 0.1) is 6.92 Å². The average Bonchev–Trinajstić information content (AvgIpc) is 3.52. The summed E-state index contributed by atoms with van der Waals surface area (Å²) in [6.45, 7) is 3.34. The summed E-state index contributed by atoms with van der Waals surface area (Å²) < 4.78 is 1.92. The summed E-state index contributed by atoms with van der Waals surface area (Å²) >= 11 is 1.56. The van der Waals surface area contributed by atoms with E-state index in [-0.39, 0.29) is 11.9 Å². The van der Waals surface area contributed by atoms with E-state index in [1.54, 1.807) is 17.5 Å². The van der Waals surface area contributed by atoms with Crippen LogP contribution in [0.1, 0.15) is 36.7 Å². The van der Waals surface area contributed by atoms with E-state index in [4.69, 9.17) is 4.98 Å². The van der Waals surface area contributed by atoms with Gasteiger partial charge in [0.05, 0.1) is 30.0 Å². The number of thiazole rings is 1. The van der Waals surface area contributed by atoms with Crippen molar-refractivity contribution in [2.75, 3.05) is 11.9 Å². The van der Waals surface area contributed by atoms with Gasteiger partial charge in [-0.1, -0.05) is 18.2 Å². The summed E-state index contributed by atoms with van der Waals surface area (Å²) in [5.74, 6) is 0.153. The number of likely N-dealkylation sites (tertiary alicyclic amines) is 1. The number of hydrogen-bond acceptors (Lipinski definition) is 6. The number of aromatic nitrogens is 4. The molecule has 4 aromatic rings. The van der Waals surface area contributed by atoms with Gasteiger partial charge in [0.1, 0.15) is 0 Å². The number of anilines is 2. The Morgan fingerprint density at radius 1 is 1.29 bits per heavy atom. The lowest BCUT2D eigenvalue weighted by molar-refractivity contribution is -0.132. The third kappa shape index (κ3) is 4.16. The first kappa shape index (κ1) is 19.7. The number of amides is 1. The third-order valence-electron chi connectivity index (χ3n) is 5.66. The molecular weight excluding hydrogens is 408 g/mol. The fourth-order valence-electron chi connectivity index (χ4n) is 4.27. The minimum absolute atomic E-state index is 0.0126. The van der Waals surface area contributed by atoms with Gasteiger partial charge in [0.15, 0.2) is 5.13 Å². The molecule has 4 heterocycles. The van der Waals surface area contributed by atoms with Gasteiger partial charge >= 0.3 is 0 Å². The molecule has 0 spiro atoms. The van der Waals surface area contributed by atoms with Crippen molar-refractivity contribution in [1.82, 2.24) is 24.6 Å². The number of hydrogen-bond donors (Lipinski definition) is 1. The van der Waals surface area contributed by atoms with Crippen LogP contribution in [0.25, 0.3) is 10.9 Å². The van der Waals surface area contributed by atoms with Crippen LogP contribution in [0.4, 0.5) is 10.8 Å². The lowest BCUT2D eigenvalue weighted by Gasteiger charge is -2.25. The van der Waals surface area contributed by atoms with Crippen molar-refractivity contribution in [2.24, 2.45) is 0 Å². The maximum atomic E-state index is 13.1. The van der Waals surface area contributed by atoms with E-state index in [0.29, 0.717) is 13.0 Å². The van der Waals surface area contributed by atoms with E-state index in [1.807, 2.05) is 64.5 Å². The van der Waals surface area contributed by atoms with Crippen LogP contribution in [0.15, 0.2) is 54.2 Å². The quantitative estimate of drug-likeness (QED) is 0.478. The van der Waals surface area contributed by atoms with Crippen molar-refractivity contribution in [3.63, 3.8) is 0 Å². The van der Waals surface area contributed by atoms with E-state index in [9.17, 15) is 4.79 Å². The molecule has 158 valence electrons. The smallest absolute Gasteiger partial charge is 0.225 e. The maximum Gasteiger partial charge on any atom is 0.225 e. The number of nitrogens with zero attached hydrogens (tertiary/aromatic N) is 5. The van der Waals surface area contributed by atoms with Crippen LogP contribution < -0.4 is 5.32 Å². The monoisotopic (exact) mass is 432 g/mol. The Hall–Kier alpha value is -3.26. The van der Waals surface area contributed by atoms with Crippen LogP contribution in [0.2, 0.25) is 0 Å². The molecule has 1 aliphatic heterocycles. The Bertz CT molecular complexity index is 1200. The van der Waals surface area contributed by atoms with Crippen LogP contribution in [-0.2, 0) is 11.3 Å². The fraction of sp³-hybridized carbons (Fsp3) is 0.304. The first-order valence-electron chi connectivity index (χ1n) is 10.5. The van der Waals surface area contributed by atoms with E-state index < -0.39 is 0 Å². The maximum absolute atomic E-state index is 13.1. The predicted octanol–water partition coefficient (Wildman–Crippen LogP) is 4.69. The number of aryl methyl sites for hydroxylation is 2. The molecule has 0 unspecified atom stereocenters. The number of fused-ring (bicyclic) bond motifs is 1. The highest BCUT2D eigenvalue weighted by molar-refractivity contribution is 7.13. The normalized spacial score (nSPS) is 16.2. The minimum Gasteiger partial charge on any atom is -0.334 e. The van der Waals surface area contributed by atoms with Crippen LogP contribution in [-0.4, -0.2) is 37.1 Å². The molecule has 1 saturated heterocycles. The molecule has 0 bridgehead atoms. The van der Waals surface area contributed by atoms with Gasteiger partial charge in [-0.3, -0.25) is 14.5 Å².